The molecule has 0 unspecified atom stereocenters. The van der Waals surface area contributed by atoms with Crippen LogP contribution < -0.4 is 15.3 Å². The van der Waals surface area contributed by atoms with Crippen molar-refractivity contribution in [2.75, 3.05) is 15.3 Å². The summed E-state index contributed by atoms with van der Waals surface area (Å²) in [7, 11) is 0. The first-order chi connectivity index (χ1) is 17.9. The van der Waals surface area contributed by atoms with Crippen LogP contribution in [0.5, 0.6) is 0 Å². The Hall–Kier alpha value is -5.41. The molecule has 37 heavy (non-hydrogen) atoms. The highest BCUT2D eigenvalue weighted by Gasteiger charge is 2.29. The number of nitro benzene ring substituents is 1. The van der Waals surface area contributed by atoms with Crippen molar-refractivity contribution in [3.63, 3.8) is 0 Å². The van der Waals surface area contributed by atoms with Gasteiger partial charge in [-0.05, 0) is 48.5 Å². The van der Waals surface area contributed by atoms with E-state index in [1.807, 2.05) is 6.07 Å². The number of hydrazine groups is 1. The number of anilines is 5. The number of halogens is 1. The smallest absolute Gasteiger partial charge is 0.324 e. The summed E-state index contributed by atoms with van der Waals surface area (Å²) in [6, 6.07) is 20.4. The quantitative estimate of drug-likeness (QED) is 0.175. The summed E-state index contributed by atoms with van der Waals surface area (Å²) >= 11 is 6.35. The number of rotatable bonds is 7. The zero-order valence-corrected chi connectivity index (χ0v) is 19.5. The number of benzene rings is 3. The van der Waals surface area contributed by atoms with Crippen LogP contribution >= 0.6 is 11.6 Å². The number of nitro groups is 1. The molecule has 0 radical (unpaired) electrons. The van der Waals surface area contributed by atoms with Crippen LogP contribution in [-0.4, -0.2) is 20.9 Å². The molecule has 182 valence electrons. The number of non-ortho nitro benzene ring substituents is 1. The van der Waals surface area contributed by atoms with Gasteiger partial charge in [0.05, 0.1) is 33.0 Å². The molecule has 2 amide bonds. The van der Waals surface area contributed by atoms with Gasteiger partial charge in [0.1, 0.15) is 0 Å². The second kappa shape index (κ2) is 10.9. The molecule has 3 aromatic carbocycles. The lowest BCUT2D eigenvalue weighted by molar-refractivity contribution is -0.384. The Morgan fingerprint density at radius 3 is 2.38 bits per heavy atom. The van der Waals surface area contributed by atoms with Crippen molar-refractivity contribution in [1.82, 2.24) is 9.97 Å². The van der Waals surface area contributed by atoms with Gasteiger partial charge in [0, 0.05) is 35.3 Å². The van der Waals surface area contributed by atoms with Crippen LogP contribution in [0.25, 0.3) is 0 Å². The third-order valence-electron chi connectivity index (χ3n) is 4.97. The van der Waals surface area contributed by atoms with Crippen LogP contribution in [0.15, 0.2) is 90.2 Å². The van der Waals surface area contributed by atoms with Gasteiger partial charge in [-0.15, -0.1) is 4.91 Å². The predicted octanol–water partition coefficient (Wildman–Crippen LogP) is 6.10. The van der Waals surface area contributed by atoms with Gasteiger partial charge < -0.3 is 5.32 Å². The van der Waals surface area contributed by atoms with Gasteiger partial charge in [0.2, 0.25) is 5.95 Å². The average Bonchev–Trinajstić information content (AvgIpc) is 2.92. The summed E-state index contributed by atoms with van der Waals surface area (Å²) in [6.07, 6.45) is 1.41. The van der Waals surface area contributed by atoms with Crippen molar-refractivity contribution < 1.29 is 9.72 Å². The largest absolute Gasteiger partial charge is 0.404 e. The highest BCUT2D eigenvalue weighted by molar-refractivity contribution is 6.34. The fourth-order valence-corrected chi connectivity index (χ4v) is 3.52. The number of nitrogens with one attached hydrogen (secondary N) is 1. The SMILES string of the molecule is N#Cc1ccc(Nc2nccc(N(c3ccc([N+](=O)[O-])cc3)N(C(=O)N=O)c3ccccc3Cl)n2)cc1. The molecule has 1 N–H and O–H groups in total. The number of aromatic nitrogens is 2. The molecular weight excluding hydrogens is 500 g/mol. The molecule has 0 aliphatic rings. The van der Waals surface area contributed by atoms with E-state index in [1.54, 1.807) is 36.4 Å². The fourth-order valence-electron chi connectivity index (χ4n) is 3.31. The standard InChI is InChI=1S/C24H15ClN8O4/c25-20-3-1-2-4-21(20)32(24(34)30-35)31(18-9-11-19(12-10-18)33(36)37)22-13-14-27-23(29-22)28-17-7-5-16(15-26)6-8-17/h1-14H,(H,27,28,29). The van der Waals surface area contributed by atoms with Crippen molar-refractivity contribution >= 4 is 52.1 Å². The average molecular weight is 515 g/mol. The highest BCUT2D eigenvalue weighted by Crippen LogP contribution is 2.35. The van der Waals surface area contributed by atoms with Crippen molar-refractivity contribution in [3.05, 3.63) is 111 Å². The van der Waals surface area contributed by atoms with Crippen LogP contribution in [0.1, 0.15) is 5.56 Å². The third-order valence-corrected chi connectivity index (χ3v) is 5.29. The number of carbonyl (C=O) groups excluding carboxylic acids is 1. The monoisotopic (exact) mass is 514 g/mol. The van der Waals surface area contributed by atoms with Crippen LogP contribution in [-0.2, 0) is 0 Å². The molecule has 0 fully saturated rings. The van der Waals surface area contributed by atoms with E-state index in [0.29, 0.717) is 11.3 Å². The molecule has 1 aromatic heterocycles. The van der Waals surface area contributed by atoms with Crippen molar-refractivity contribution in [3.8, 4) is 6.07 Å². The van der Waals surface area contributed by atoms with Gasteiger partial charge in [-0.25, -0.2) is 14.8 Å². The molecular formula is C24H15ClN8O4. The summed E-state index contributed by atoms with van der Waals surface area (Å²) < 4.78 is 0. The number of nitrogens with zero attached hydrogens (tertiary/aromatic N) is 7. The third kappa shape index (κ3) is 5.47. The molecule has 0 atom stereocenters. The van der Waals surface area contributed by atoms with E-state index in [4.69, 9.17) is 16.9 Å². The van der Waals surface area contributed by atoms with Gasteiger partial charge in [-0.1, -0.05) is 23.7 Å². The number of nitriles is 1. The van der Waals surface area contributed by atoms with Crippen LogP contribution in [0.4, 0.5) is 39.3 Å². The predicted molar refractivity (Wildman–Crippen MR) is 137 cm³/mol. The second-order valence-electron chi connectivity index (χ2n) is 7.27. The van der Waals surface area contributed by atoms with Crippen molar-refractivity contribution in [2.24, 2.45) is 5.18 Å². The lowest BCUT2D eigenvalue weighted by Crippen LogP contribution is -2.43. The minimum absolute atomic E-state index is 0.108. The fraction of sp³-hybridized carbons (Fsp3) is 0. The second-order valence-corrected chi connectivity index (χ2v) is 7.68. The Labute approximate surface area is 214 Å². The van der Waals surface area contributed by atoms with Crippen LogP contribution in [0.3, 0.4) is 0 Å². The first kappa shape index (κ1) is 24.7. The molecule has 13 heteroatoms. The van der Waals surface area contributed by atoms with E-state index >= 15 is 0 Å². The van der Waals surface area contributed by atoms with Crippen LogP contribution in [0.2, 0.25) is 5.02 Å². The maximum atomic E-state index is 12.8. The minimum Gasteiger partial charge on any atom is -0.324 e. The summed E-state index contributed by atoms with van der Waals surface area (Å²) in [4.78, 5) is 43.5. The van der Waals surface area contributed by atoms with Gasteiger partial charge in [0.15, 0.2) is 5.82 Å². The number of carbonyl (C=O) groups is 1. The summed E-state index contributed by atoms with van der Waals surface area (Å²) in [5.41, 5.74) is 1.24. The number of nitroso groups, excluding NO2 is 1. The first-order valence-electron chi connectivity index (χ1n) is 10.5. The molecule has 0 saturated carbocycles. The van der Waals surface area contributed by atoms with E-state index in [1.165, 1.54) is 53.7 Å². The summed E-state index contributed by atoms with van der Waals surface area (Å²) in [5.74, 6) is 0.233. The Balaban J connectivity index is 1.84. The van der Waals surface area contributed by atoms with Gasteiger partial charge in [-0.3, -0.25) is 10.1 Å². The van der Waals surface area contributed by atoms with E-state index in [2.05, 4.69) is 20.5 Å². The Morgan fingerprint density at radius 2 is 1.76 bits per heavy atom. The molecule has 0 spiro atoms. The first-order valence-corrected chi connectivity index (χ1v) is 10.9. The molecule has 1 heterocycles. The number of hydrogen-bond donors (Lipinski definition) is 1. The Kier molecular flexibility index (Phi) is 7.27. The topological polar surface area (TPSA) is 158 Å². The molecule has 0 saturated heterocycles. The highest BCUT2D eigenvalue weighted by atomic mass is 35.5. The molecule has 4 rings (SSSR count). The van der Waals surface area contributed by atoms with Crippen molar-refractivity contribution in [1.29, 1.82) is 5.26 Å². The molecule has 4 aromatic rings. The minimum atomic E-state index is -1.22. The van der Waals surface area contributed by atoms with E-state index in [-0.39, 0.29) is 33.9 Å². The number of urea groups is 1. The van der Waals surface area contributed by atoms with E-state index in [9.17, 15) is 19.8 Å². The van der Waals surface area contributed by atoms with Gasteiger partial charge in [-0.2, -0.15) is 15.3 Å². The van der Waals surface area contributed by atoms with Crippen LogP contribution in [0, 0.1) is 26.4 Å². The normalized spacial score (nSPS) is 10.2. The maximum absolute atomic E-state index is 12.8. The maximum Gasteiger partial charge on any atom is 0.404 e. The number of hydrogen-bond acceptors (Lipinski definition) is 9. The molecule has 0 aliphatic carbocycles. The van der Waals surface area contributed by atoms with E-state index < -0.39 is 11.0 Å². The van der Waals surface area contributed by atoms with Crippen molar-refractivity contribution in [2.45, 2.75) is 0 Å². The Morgan fingerprint density at radius 1 is 1.05 bits per heavy atom. The van der Waals surface area contributed by atoms with Gasteiger partial charge >= 0.3 is 6.03 Å². The van der Waals surface area contributed by atoms with Gasteiger partial charge in [0.25, 0.3) is 5.69 Å². The lowest BCUT2D eigenvalue weighted by atomic mass is 10.2. The number of amides is 2. The molecule has 0 bridgehead atoms. The van der Waals surface area contributed by atoms with E-state index in [0.717, 1.165) is 5.01 Å². The zero-order valence-electron chi connectivity index (χ0n) is 18.7. The Bertz CT molecular complexity index is 1510. The molecule has 0 aliphatic heterocycles. The molecule has 12 nitrogen and oxygen atoms in total. The lowest BCUT2D eigenvalue weighted by Gasteiger charge is -2.34. The zero-order chi connectivity index (χ0) is 26.4. The number of para-hydroxylation sites is 1. The summed E-state index contributed by atoms with van der Waals surface area (Å²) in [6.45, 7) is 0. The summed E-state index contributed by atoms with van der Waals surface area (Å²) in [5, 5.41) is 28.0.